The Morgan fingerprint density at radius 1 is 0.848 bits per heavy atom. The molecular formula is C32H42N2O12. The number of benzene rings is 2. The first-order chi connectivity index (χ1) is 21.8. The lowest BCUT2D eigenvalue weighted by molar-refractivity contribution is -0.170. The number of hydrogen-bond acceptors (Lipinski definition) is 10. The van der Waals surface area contributed by atoms with Crippen LogP contribution < -0.4 is 24.3 Å². The summed E-state index contributed by atoms with van der Waals surface area (Å²) in [5.41, 5.74) is 2.14. The van der Waals surface area contributed by atoms with Crippen LogP contribution in [0.3, 0.4) is 0 Å². The van der Waals surface area contributed by atoms with E-state index in [9.17, 15) is 19.2 Å². The van der Waals surface area contributed by atoms with E-state index in [1.165, 1.54) is 11.1 Å². The Hall–Kier alpha value is -4.56. The van der Waals surface area contributed by atoms with Gasteiger partial charge in [0, 0.05) is 25.6 Å². The average molecular weight is 647 g/mol. The molecule has 2 aromatic rings. The maximum absolute atomic E-state index is 12.8. The van der Waals surface area contributed by atoms with Crippen LogP contribution in [0.2, 0.25) is 0 Å². The van der Waals surface area contributed by atoms with Crippen molar-refractivity contribution in [2.75, 3.05) is 54.6 Å². The van der Waals surface area contributed by atoms with Crippen molar-refractivity contribution in [2.45, 2.75) is 50.0 Å². The van der Waals surface area contributed by atoms with Gasteiger partial charge in [-0.05, 0) is 72.3 Å². The molecule has 1 atom stereocenters. The zero-order chi connectivity index (χ0) is 34.0. The molecule has 14 nitrogen and oxygen atoms in total. The van der Waals surface area contributed by atoms with Crippen molar-refractivity contribution in [1.29, 1.82) is 0 Å². The maximum atomic E-state index is 12.8. The number of amides is 1. The van der Waals surface area contributed by atoms with Crippen LogP contribution >= 0.6 is 0 Å². The number of carboxylic acid groups (broad SMARTS) is 3. The summed E-state index contributed by atoms with van der Waals surface area (Å²) >= 11 is 0. The predicted octanol–water partition coefficient (Wildman–Crippen LogP) is 1.72. The Morgan fingerprint density at radius 2 is 1.37 bits per heavy atom. The number of nitrogens with one attached hydrogen (secondary N) is 1. The number of nitrogens with zero attached hydrogens (tertiary/aromatic N) is 1. The largest absolute Gasteiger partial charge is 0.493 e. The molecule has 1 aliphatic heterocycles. The highest BCUT2D eigenvalue weighted by molar-refractivity contribution is 5.88. The Kier molecular flexibility index (Phi) is 12.6. The molecule has 2 aliphatic rings. The number of carbonyl (C=O) groups excluding carboxylic acids is 1. The van der Waals surface area contributed by atoms with Gasteiger partial charge < -0.3 is 49.6 Å². The highest BCUT2D eigenvalue weighted by Crippen LogP contribution is 2.42. The summed E-state index contributed by atoms with van der Waals surface area (Å²) in [4.78, 5) is 45.3. The van der Waals surface area contributed by atoms with E-state index in [1.54, 1.807) is 28.4 Å². The third-order valence-corrected chi connectivity index (χ3v) is 8.06. The second kappa shape index (κ2) is 16.1. The summed E-state index contributed by atoms with van der Waals surface area (Å²) in [5.74, 6) is -1.37. The van der Waals surface area contributed by atoms with E-state index in [2.05, 4.69) is 17.4 Å². The van der Waals surface area contributed by atoms with Crippen molar-refractivity contribution in [3.63, 3.8) is 0 Å². The fourth-order valence-electron chi connectivity index (χ4n) is 5.56. The predicted molar refractivity (Wildman–Crippen MR) is 164 cm³/mol. The van der Waals surface area contributed by atoms with Crippen LogP contribution in [0.25, 0.3) is 0 Å². The molecule has 14 heteroatoms. The van der Waals surface area contributed by atoms with Gasteiger partial charge in [0.2, 0.25) is 5.91 Å². The fourth-order valence-corrected chi connectivity index (χ4v) is 5.56. The number of methoxy groups -OCH3 is 4. The van der Waals surface area contributed by atoms with E-state index in [4.69, 9.17) is 39.4 Å². The average Bonchev–Trinajstić information content (AvgIpc) is 3.14. The van der Waals surface area contributed by atoms with Gasteiger partial charge >= 0.3 is 17.9 Å². The lowest BCUT2D eigenvalue weighted by Gasteiger charge is -2.31. The molecule has 5 N–H and O–H groups in total. The monoisotopic (exact) mass is 646 g/mol. The number of carbonyl (C=O) groups is 4. The molecule has 4 rings (SSSR count). The van der Waals surface area contributed by atoms with Crippen molar-refractivity contribution < 1.29 is 58.6 Å². The van der Waals surface area contributed by atoms with E-state index < -0.39 is 36.4 Å². The number of carboxylic acids is 3. The number of ether oxygens (including phenoxy) is 4. The summed E-state index contributed by atoms with van der Waals surface area (Å²) in [5, 5.41) is 37.4. The topological polar surface area (TPSA) is 201 Å². The van der Waals surface area contributed by atoms with Gasteiger partial charge in [0.1, 0.15) is 0 Å². The van der Waals surface area contributed by atoms with Crippen LogP contribution in [0.4, 0.5) is 0 Å². The van der Waals surface area contributed by atoms with E-state index >= 15 is 0 Å². The molecule has 1 aliphatic carbocycles. The maximum Gasteiger partial charge on any atom is 0.336 e. The number of aliphatic carboxylic acids is 3. The molecule has 46 heavy (non-hydrogen) atoms. The minimum Gasteiger partial charge on any atom is -0.493 e. The molecule has 1 heterocycles. The standard InChI is InChI=1S/C26H34N2O5.C6H8O7/c1-30-22-11-17-6-9-28(26(29)14-18(17)12-23(22)31-2)8-5-7-27-16-20-10-19-13-24(32-3)25(33-4)15-21(19)20;7-3(8)1-6(13,5(11)12)2-4(9)10/h11-13,15,20,27H,5-10,14,16H2,1-4H3;13H,1-2H2,(H,7,8)(H,9,10)(H,11,12)/t20-;/m1./s1. The number of rotatable bonds is 15. The molecule has 0 fully saturated rings. The van der Waals surface area contributed by atoms with Gasteiger partial charge in [-0.3, -0.25) is 14.4 Å². The van der Waals surface area contributed by atoms with Crippen LogP contribution in [-0.4, -0.2) is 109 Å². The number of fused-ring (bicyclic) bond motifs is 2. The van der Waals surface area contributed by atoms with Crippen molar-refractivity contribution in [3.05, 3.63) is 46.5 Å². The highest BCUT2D eigenvalue weighted by Gasteiger charge is 2.40. The summed E-state index contributed by atoms with van der Waals surface area (Å²) in [6.45, 7) is 3.32. The Labute approximate surface area is 266 Å². The Bertz CT molecular complexity index is 1410. The summed E-state index contributed by atoms with van der Waals surface area (Å²) < 4.78 is 21.7. The zero-order valence-electron chi connectivity index (χ0n) is 26.5. The fraction of sp³-hybridized carbons (Fsp3) is 0.500. The van der Waals surface area contributed by atoms with Gasteiger partial charge in [0.25, 0.3) is 0 Å². The Balaban J connectivity index is 0.000000376. The molecule has 252 valence electrons. The van der Waals surface area contributed by atoms with Crippen molar-refractivity contribution in [2.24, 2.45) is 0 Å². The highest BCUT2D eigenvalue weighted by atomic mass is 16.5. The van der Waals surface area contributed by atoms with E-state index in [0.717, 1.165) is 73.8 Å². The van der Waals surface area contributed by atoms with Crippen LogP contribution in [0.1, 0.15) is 47.4 Å². The smallest absolute Gasteiger partial charge is 0.336 e. The lowest BCUT2D eigenvalue weighted by atomic mass is 9.77. The Morgan fingerprint density at radius 3 is 1.89 bits per heavy atom. The normalized spacial score (nSPS) is 15.2. The van der Waals surface area contributed by atoms with Gasteiger partial charge in [0.15, 0.2) is 28.6 Å². The molecule has 0 saturated carbocycles. The van der Waals surface area contributed by atoms with Crippen LogP contribution in [0, 0.1) is 0 Å². The van der Waals surface area contributed by atoms with Crippen LogP contribution in [-0.2, 0) is 38.4 Å². The number of aliphatic hydroxyl groups is 1. The first-order valence-electron chi connectivity index (χ1n) is 14.7. The van der Waals surface area contributed by atoms with Gasteiger partial charge in [-0.25, -0.2) is 4.79 Å². The van der Waals surface area contributed by atoms with Gasteiger partial charge in [-0.2, -0.15) is 0 Å². The molecule has 0 radical (unpaired) electrons. The minimum atomic E-state index is -2.74. The summed E-state index contributed by atoms with van der Waals surface area (Å²) in [7, 11) is 6.60. The second-order valence-corrected chi connectivity index (χ2v) is 11.1. The van der Waals surface area contributed by atoms with Gasteiger partial charge in [-0.15, -0.1) is 0 Å². The van der Waals surface area contributed by atoms with Gasteiger partial charge in [0.05, 0.1) is 47.7 Å². The molecular weight excluding hydrogens is 604 g/mol. The van der Waals surface area contributed by atoms with Crippen LogP contribution in [0.15, 0.2) is 24.3 Å². The second-order valence-electron chi connectivity index (χ2n) is 11.1. The van der Waals surface area contributed by atoms with Gasteiger partial charge in [-0.1, -0.05) is 0 Å². The summed E-state index contributed by atoms with van der Waals surface area (Å²) in [6, 6.07) is 8.13. The first-order valence-corrected chi connectivity index (χ1v) is 14.7. The third-order valence-electron chi connectivity index (χ3n) is 8.06. The lowest BCUT2D eigenvalue weighted by Crippen LogP contribution is -2.42. The van der Waals surface area contributed by atoms with Crippen LogP contribution in [0.5, 0.6) is 23.0 Å². The molecule has 0 unspecified atom stereocenters. The summed E-state index contributed by atoms with van der Waals surface area (Å²) in [6.07, 6.45) is 0.939. The van der Waals surface area contributed by atoms with Crippen molar-refractivity contribution >= 4 is 23.8 Å². The quantitative estimate of drug-likeness (QED) is 0.175. The minimum absolute atomic E-state index is 0.176. The van der Waals surface area contributed by atoms with Crippen molar-refractivity contribution in [1.82, 2.24) is 10.2 Å². The van der Waals surface area contributed by atoms with Crippen molar-refractivity contribution in [3.8, 4) is 23.0 Å². The third kappa shape index (κ3) is 9.01. The molecule has 0 spiro atoms. The van der Waals surface area contributed by atoms with E-state index in [0.29, 0.717) is 18.1 Å². The molecule has 0 saturated heterocycles. The first kappa shape index (κ1) is 35.9. The molecule has 1 amide bonds. The SMILES string of the molecule is COc1cc2c(cc1OC)CC(=O)N(CCCNC[C@H]1Cc3cc(OC)c(OC)cc31)CC2.O=C(O)CC(O)(CC(=O)O)C(=O)O. The number of hydrogen-bond donors (Lipinski definition) is 5. The zero-order valence-corrected chi connectivity index (χ0v) is 26.5. The van der Waals surface area contributed by atoms with E-state index in [-0.39, 0.29) is 5.91 Å². The molecule has 2 aromatic carbocycles. The molecule has 0 bridgehead atoms. The molecule has 0 aromatic heterocycles. The van der Waals surface area contributed by atoms with E-state index in [1.807, 2.05) is 17.0 Å².